The maximum atomic E-state index is 5.24. The van der Waals surface area contributed by atoms with E-state index in [9.17, 15) is 0 Å². The molecule has 1 unspecified atom stereocenters. The number of rotatable bonds is 1. The van der Waals surface area contributed by atoms with Crippen molar-refractivity contribution in [2.75, 3.05) is 13.1 Å². The quantitative estimate of drug-likeness (QED) is 0.756. The van der Waals surface area contributed by atoms with Gasteiger partial charge < -0.3 is 9.73 Å². The highest BCUT2D eigenvalue weighted by Gasteiger charge is 2.35. The maximum Gasteiger partial charge on any atom is 0.243 e. The summed E-state index contributed by atoms with van der Waals surface area (Å²) in [6.07, 6.45) is 8.61. The van der Waals surface area contributed by atoms with E-state index < -0.39 is 0 Å². The van der Waals surface area contributed by atoms with Crippen molar-refractivity contribution in [2.24, 2.45) is 5.41 Å². The second kappa shape index (κ2) is 3.45. The van der Waals surface area contributed by atoms with Crippen LogP contribution in [0.2, 0.25) is 0 Å². The molecule has 80 valence electrons. The van der Waals surface area contributed by atoms with Gasteiger partial charge in [-0.15, -0.1) is 10.2 Å². The van der Waals surface area contributed by atoms with Crippen LogP contribution in [0.1, 0.15) is 31.6 Å². The van der Waals surface area contributed by atoms with Crippen LogP contribution in [0.4, 0.5) is 0 Å². The van der Waals surface area contributed by atoms with E-state index in [0.717, 1.165) is 19.5 Å². The minimum Gasteiger partial charge on any atom is -0.424 e. The molecule has 1 aliphatic carbocycles. The number of nitrogens with one attached hydrogen (secondary N) is 1. The number of aromatic nitrogens is 2. The van der Waals surface area contributed by atoms with Crippen LogP contribution in [0.25, 0.3) is 5.57 Å². The Kier molecular flexibility index (Phi) is 2.09. The normalized spacial score (nSPS) is 30.8. The van der Waals surface area contributed by atoms with E-state index in [-0.39, 0.29) is 0 Å². The molecule has 1 aliphatic heterocycles. The van der Waals surface area contributed by atoms with E-state index in [1.54, 1.807) is 0 Å². The lowest BCUT2D eigenvalue weighted by Gasteiger charge is -2.32. The third-order valence-corrected chi connectivity index (χ3v) is 3.51. The summed E-state index contributed by atoms with van der Waals surface area (Å²) in [5.74, 6) is 0.706. The topological polar surface area (TPSA) is 51.0 Å². The van der Waals surface area contributed by atoms with Crippen molar-refractivity contribution < 1.29 is 4.42 Å². The Morgan fingerprint density at radius 1 is 1.40 bits per heavy atom. The lowest BCUT2D eigenvalue weighted by atomic mass is 9.80. The highest BCUT2D eigenvalue weighted by molar-refractivity contribution is 5.62. The molecule has 1 fully saturated rings. The first-order valence-corrected chi connectivity index (χ1v) is 5.57. The van der Waals surface area contributed by atoms with E-state index >= 15 is 0 Å². The van der Waals surface area contributed by atoms with Crippen LogP contribution in [-0.4, -0.2) is 23.3 Å². The average molecular weight is 205 g/mol. The van der Waals surface area contributed by atoms with Crippen molar-refractivity contribution in [3.63, 3.8) is 0 Å². The maximum absolute atomic E-state index is 5.24. The molecule has 1 N–H and O–H groups in total. The largest absolute Gasteiger partial charge is 0.424 e. The van der Waals surface area contributed by atoms with Crippen LogP contribution in [0.5, 0.6) is 0 Å². The van der Waals surface area contributed by atoms with Crippen LogP contribution in [0, 0.1) is 5.41 Å². The summed E-state index contributed by atoms with van der Waals surface area (Å²) in [6, 6.07) is 0. The van der Waals surface area contributed by atoms with Crippen LogP contribution in [-0.2, 0) is 0 Å². The Labute approximate surface area is 88.8 Å². The van der Waals surface area contributed by atoms with Gasteiger partial charge in [-0.05, 0) is 32.2 Å². The molecule has 0 aromatic carbocycles. The summed E-state index contributed by atoms with van der Waals surface area (Å²) >= 11 is 0. The third kappa shape index (κ3) is 1.59. The SMILES string of the molecule is C1=C(c2nnco2)CCC12CCCNC2. The minimum atomic E-state index is 0.363. The molecular weight excluding hydrogens is 190 g/mol. The van der Waals surface area contributed by atoms with Crippen molar-refractivity contribution in [1.29, 1.82) is 0 Å². The van der Waals surface area contributed by atoms with Gasteiger partial charge >= 0.3 is 0 Å². The van der Waals surface area contributed by atoms with E-state index in [1.165, 1.54) is 31.2 Å². The number of allylic oxidation sites excluding steroid dienone is 1. The molecule has 0 radical (unpaired) electrons. The van der Waals surface area contributed by atoms with Gasteiger partial charge in [-0.25, -0.2) is 0 Å². The highest BCUT2D eigenvalue weighted by atomic mass is 16.4. The van der Waals surface area contributed by atoms with Crippen molar-refractivity contribution >= 4 is 5.57 Å². The first kappa shape index (κ1) is 9.09. The van der Waals surface area contributed by atoms with E-state index in [2.05, 4.69) is 21.6 Å². The molecule has 4 heteroatoms. The zero-order valence-corrected chi connectivity index (χ0v) is 8.70. The lowest BCUT2D eigenvalue weighted by molar-refractivity contribution is 0.274. The Hall–Kier alpha value is -1.16. The van der Waals surface area contributed by atoms with Gasteiger partial charge in [0.2, 0.25) is 12.3 Å². The zero-order chi connectivity index (χ0) is 10.1. The summed E-state index contributed by atoms with van der Waals surface area (Å²) in [7, 11) is 0. The second-order valence-corrected chi connectivity index (χ2v) is 4.56. The minimum absolute atomic E-state index is 0.363. The Morgan fingerprint density at radius 3 is 3.13 bits per heavy atom. The van der Waals surface area contributed by atoms with E-state index in [1.807, 2.05) is 0 Å². The molecule has 4 nitrogen and oxygen atoms in total. The number of hydrogen-bond donors (Lipinski definition) is 1. The molecular formula is C11H15N3O. The van der Waals surface area contributed by atoms with E-state index in [0.29, 0.717) is 11.3 Å². The smallest absolute Gasteiger partial charge is 0.243 e. The van der Waals surface area contributed by atoms with Crippen molar-refractivity contribution in [3.05, 3.63) is 18.4 Å². The van der Waals surface area contributed by atoms with Crippen LogP contribution in [0.15, 0.2) is 16.9 Å². The van der Waals surface area contributed by atoms with Crippen LogP contribution < -0.4 is 5.32 Å². The monoisotopic (exact) mass is 205 g/mol. The van der Waals surface area contributed by atoms with E-state index in [4.69, 9.17) is 4.42 Å². The fourth-order valence-corrected chi connectivity index (χ4v) is 2.71. The predicted molar refractivity (Wildman–Crippen MR) is 56.0 cm³/mol. The van der Waals surface area contributed by atoms with Gasteiger partial charge in [-0.1, -0.05) is 6.08 Å². The summed E-state index contributed by atoms with van der Waals surface area (Å²) in [4.78, 5) is 0. The van der Waals surface area contributed by atoms with Gasteiger partial charge in [-0.3, -0.25) is 0 Å². The third-order valence-electron chi connectivity index (χ3n) is 3.51. The van der Waals surface area contributed by atoms with Gasteiger partial charge in [-0.2, -0.15) is 0 Å². The summed E-state index contributed by atoms with van der Waals surface area (Å²) in [5, 5.41) is 11.2. The molecule has 0 amide bonds. The molecule has 1 aromatic heterocycles. The summed E-state index contributed by atoms with van der Waals surface area (Å²) < 4.78 is 5.24. The molecule has 1 atom stereocenters. The molecule has 2 heterocycles. The van der Waals surface area contributed by atoms with Crippen LogP contribution in [0.3, 0.4) is 0 Å². The van der Waals surface area contributed by atoms with Crippen LogP contribution >= 0.6 is 0 Å². The summed E-state index contributed by atoms with van der Waals surface area (Å²) in [5.41, 5.74) is 1.60. The first-order chi connectivity index (χ1) is 7.38. The van der Waals surface area contributed by atoms with Crippen molar-refractivity contribution in [2.45, 2.75) is 25.7 Å². The standard InChI is InChI=1S/C11H15N3O/c1-3-11(7-12-5-1)4-2-9(6-11)10-14-13-8-15-10/h6,8,12H,1-5,7H2. The molecule has 3 rings (SSSR count). The number of hydrogen-bond acceptors (Lipinski definition) is 4. The molecule has 15 heavy (non-hydrogen) atoms. The summed E-state index contributed by atoms with van der Waals surface area (Å²) in [6.45, 7) is 2.26. The Morgan fingerprint density at radius 2 is 2.40 bits per heavy atom. The lowest BCUT2D eigenvalue weighted by Crippen LogP contribution is -2.37. The van der Waals surface area contributed by atoms with Crippen molar-refractivity contribution in [3.8, 4) is 0 Å². The Balaban J connectivity index is 1.85. The molecule has 1 saturated heterocycles. The fourth-order valence-electron chi connectivity index (χ4n) is 2.71. The molecule has 1 spiro atoms. The van der Waals surface area contributed by atoms with Gasteiger partial charge in [0.15, 0.2) is 0 Å². The number of piperidine rings is 1. The second-order valence-electron chi connectivity index (χ2n) is 4.56. The highest BCUT2D eigenvalue weighted by Crippen LogP contribution is 2.43. The van der Waals surface area contributed by atoms with Crippen molar-refractivity contribution in [1.82, 2.24) is 15.5 Å². The predicted octanol–water partition coefficient (Wildman–Crippen LogP) is 1.62. The molecule has 1 aromatic rings. The van der Waals surface area contributed by atoms with Gasteiger partial charge in [0, 0.05) is 17.5 Å². The zero-order valence-electron chi connectivity index (χ0n) is 8.70. The molecule has 0 bridgehead atoms. The average Bonchev–Trinajstić information content (AvgIpc) is 2.88. The van der Waals surface area contributed by atoms with Gasteiger partial charge in [0.1, 0.15) is 0 Å². The first-order valence-electron chi connectivity index (χ1n) is 5.57. The van der Waals surface area contributed by atoms with Gasteiger partial charge in [0.05, 0.1) is 0 Å². The number of nitrogens with zero attached hydrogens (tertiary/aromatic N) is 2. The van der Waals surface area contributed by atoms with Gasteiger partial charge in [0.25, 0.3) is 0 Å². The Bertz CT molecular complexity index is 363. The molecule has 2 aliphatic rings. The molecule has 0 saturated carbocycles. The fraction of sp³-hybridized carbons (Fsp3) is 0.636.